The van der Waals surface area contributed by atoms with Crippen molar-refractivity contribution in [3.63, 3.8) is 0 Å². The van der Waals surface area contributed by atoms with E-state index in [0.29, 0.717) is 53.6 Å². The van der Waals surface area contributed by atoms with E-state index in [1.54, 1.807) is 6.20 Å². The Morgan fingerprint density at radius 2 is 1.76 bits per heavy atom. The maximum atomic E-state index is 17.7. The SMILES string of the molecule is CC(C)(C)OC(=O)N1[C@@H]2CC[C@H]1CN(c1nc(OC[C@@]34CCCN3C[C@H](F)C4)nc3c(F)c(-c4cc(O[Si](C)(C)C(C)(C)C)cc5c(Cl)c6n(c45)CCC6)ncc13)C2. The summed E-state index contributed by atoms with van der Waals surface area (Å²) in [4.78, 5) is 34.2. The van der Waals surface area contributed by atoms with Gasteiger partial charge in [0, 0.05) is 55.4 Å². The number of carbonyl (C=O) groups excluding carboxylic acids is 1. The van der Waals surface area contributed by atoms with E-state index in [1.807, 2.05) is 37.8 Å². The van der Waals surface area contributed by atoms with Crippen LogP contribution in [0.2, 0.25) is 23.2 Å². The minimum atomic E-state index is -2.30. The molecular weight excluding hydrogens is 780 g/mol. The van der Waals surface area contributed by atoms with Gasteiger partial charge in [0.25, 0.3) is 0 Å². The van der Waals surface area contributed by atoms with Gasteiger partial charge in [-0.3, -0.25) is 14.8 Å². The number of ether oxygens (including phenoxy) is 2. The van der Waals surface area contributed by atoms with Gasteiger partial charge in [-0.2, -0.15) is 9.97 Å². The van der Waals surface area contributed by atoms with Crippen LogP contribution in [-0.4, -0.2) is 106 Å². The monoisotopic (exact) mass is 835 g/mol. The lowest BCUT2D eigenvalue weighted by Crippen LogP contribution is -2.57. The number of piperazine rings is 1. The molecule has 8 heterocycles. The summed E-state index contributed by atoms with van der Waals surface area (Å²) in [7, 11) is -2.30. The number of benzene rings is 1. The second kappa shape index (κ2) is 13.9. The molecule has 4 aromatic rings. The molecule has 0 unspecified atom stereocenters. The van der Waals surface area contributed by atoms with Gasteiger partial charge in [0.2, 0.25) is 8.32 Å². The number of pyridine rings is 1. The zero-order valence-electron chi connectivity index (χ0n) is 35.1. The van der Waals surface area contributed by atoms with Gasteiger partial charge < -0.3 is 23.4 Å². The lowest BCUT2D eigenvalue weighted by Gasteiger charge is -2.42. The fraction of sp³-hybridized carbons (Fsp3) is 0.628. The number of nitrogens with zero attached hydrogens (tertiary/aromatic N) is 7. The fourth-order valence-electron chi connectivity index (χ4n) is 9.91. The van der Waals surface area contributed by atoms with E-state index >= 15 is 4.39 Å². The first-order valence-corrected chi connectivity index (χ1v) is 24.3. The summed E-state index contributed by atoms with van der Waals surface area (Å²) in [6, 6.07) is 3.74. The highest BCUT2D eigenvalue weighted by molar-refractivity contribution is 6.74. The van der Waals surface area contributed by atoms with E-state index in [1.165, 1.54) is 0 Å². The van der Waals surface area contributed by atoms with Crippen molar-refractivity contribution in [2.45, 2.75) is 141 Å². The van der Waals surface area contributed by atoms with Crippen LogP contribution in [0, 0.1) is 5.82 Å². The molecule has 4 atom stereocenters. The van der Waals surface area contributed by atoms with E-state index in [-0.39, 0.29) is 47.0 Å². The first-order valence-electron chi connectivity index (χ1n) is 21.0. The van der Waals surface area contributed by atoms with Gasteiger partial charge >= 0.3 is 12.1 Å². The number of fused-ring (bicyclic) bond motifs is 7. The standard InChI is InChI=1S/C43H56ClF2N7O4Si/c1-41(2,3)56-40(54)53-26-12-13-27(53)23-50(22-26)38-31-20-47-35(34(46)36(31)48-39(49-38)55-24-43-14-10-15-51(43)21-25(45)19-43)30-18-28(57-58(7,8)42(4,5)6)17-29-33(44)32-11-9-16-52(32)37(29)30/h17-18,20,25-27H,9-16,19,21-24H2,1-8H3/t25-,26-,27+,43+/m1/s1. The third kappa shape index (κ3) is 6.69. The van der Waals surface area contributed by atoms with Crippen molar-refractivity contribution in [1.82, 2.24) is 29.3 Å². The number of aromatic nitrogens is 4. The predicted octanol–water partition coefficient (Wildman–Crippen LogP) is 9.31. The number of halogens is 3. The number of hydrogen-bond donors (Lipinski definition) is 0. The molecule has 5 aliphatic heterocycles. The number of hydrogen-bond acceptors (Lipinski definition) is 9. The highest BCUT2D eigenvalue weighted by atomic mass is 35.5. The maximum Gasteiger partial charge on any atom is 0.410 e. The zero-order chi connectivity index (χ0) is 41.1. The lowest BCUT2D eigenvalue weighted by molar-refractivity contribution is 0.0122. The van der Waals surface area contributed by atoms with E-state index in [9.17, 15) is 9.18 Å². The van der Waals surface area contributed by atoms with E-state index in [0.717, 1.165) is 68.2 Å². The molecule has 0 spiro atoms. The molecule has 312 valence electrons. The molecule has 1 aromatic carbocycles. The van der Waals surface area contributed by atoms with Gasteiger partial charge in [0.05, 0.1) is 33.5 Å². The lowest BCUT2D eigenvalue weighted by atomic mass is 9.95. The molecule has 0 radical (unpaired) electrons. The Hall–Kier alpha value is -3.75. The summed E-state index contributed by atoms with van der Waals surface area (Å²) in [5.74, 6) is 0.540. The number of alkyl halides is 1. The second-order valence-electron chi connectivity index (χ2n) is 19.8. The van der Waals surface area contributed by atoms with E-state index in [2.05, 4.69) is 48.2 Å². The van der Waals surface area contributed by atoms with Crippen LogP contribution in [0.15, 0.2) is 18.3 Å². The molecule has 15 heteroatoms. The molecule has 58 heavy (non-hydrogen) atoms. The summed E-state index contributed by atoms with van der Waals surface area (Å²) >= 11 is 7.10. The molecule has 0 saturated carbocycles. The van der Waals surface area contributed by atoms with Gasteiger partial charge in [-0.25, -0.2) is 13.6 Å². The van der Waals surface area contributed by atoms with Gasteiger partial charge in [0.1, 0.15) is 41.2 Å². The van der Waals surface area contributed by atoms with Crippen LogP contribution in [0.1, 0.15) is 85.8 Å². The predicted molar refractivity (Wildman–Crippen MR) is 225 cm³/mol. The topological polar surface area (TPSA) is 98.1 Å². The van der Waals surface area contributed by atoms with E-state index in [4.69, 9.17) is 40.5 Å². The number of carbonyl (C=O) groups is 1. The number of rotatable bonds is 7. The third-order valence-electron chi connectivity index (χ3n) is 13.7. The molecule has 9 rings (SSSR count). The Morgan fingerprint density at radius 1 is 1.02 bits per heavy atom. The largest absolute Gasteiger partial charge is 0.543 e. The van der Waals surface area contributed by atoms with Crippen LogP contribution in [0.4, 0.5) is 19.4 Å². The van der Waals surface area contributed by atoms with Crippen molar-refractivity contribution in [1.29, 1.82) is 0 Å². The van der Waals surface area contributed by atoms with Crippen LogP contribution in [0.5, 0.6) is 11.8 Å². The Morgan fingerprint density at radius 3 is 2.47 bits per heavy atom. The second-order valence-corrected chi connectivity index (χ2v) is 24.9. The molecule has 0 aliphatic carbocycles. The number of amides is 1. The summed E-state index contributed by atoms with van der Waals surface area (Å²) in [6.45, 7) is 19.7. The smallest absolute Gasteiger partial charge is 0.410 e. The number of aryl methyl sites for hydroxylation is 1. The Labute approximate surface area is 345 Å². The molecule has 2 bridgehead atoms. The van der Waals surface area contributed by atoms with Gasteiger partial charge in [-0.1, -0.05) is 32.4 Å². The van der Waals surface area contributed by atoms with Crippen LogP contribution < -0.4 is 14.1 Å². The molecule has 4 fully saturated rings. The van der Waals surface area contributed by atoms with Gasteiger partial charge in [-0.05, 0) is 96.1 Å². The minimum Gasteiger partial charge on any atom is -0.543 e. The van der Waals surface area contributed by atoms with Crippen LogP contribution in [0.25, 0.3) is 33.1 Å². The fourth-order valence-corrected chi connectivity index (χ4v) is 11.3. The Bertz CT molecular complexity index is 2300. The first kappa shape index (κ1) is 39.7. The highest BCUT2D eigenvalue weighted by Crippen LogP contribution is 2.46. The third-order valence-corrected chi connectivity index (χ3v) is 18.4. The van der Waals surface area contributed by atoms with Crippen LogP contribution in [-0.2, 0) is 17.7 Å². The Balaban J connectivity index is 1.16. The van der Waals surface area contributed by atoms with Gasteiger partial charge in [0.15, 0.2) is 5.82 Å². The summed E-state index contributed by atoms with van der Waals surface area (Å²) in [6.07, 6.45) is 6.02. The molecule has 5 aliphatic rings. The van der Waals surface area contributed by atoms with Crippen molar-refractivity contribution in [2.75, 3.05) is 37.7 Å². The van der Waals surface area contributed by atoms with Crippen molar-refractivity contribution in [3.05, 3.63) is 34.9 Å². The molecule has 1 amide bonds. The first-order chi connectivity index (χ1) is 27.3. The average Bonchev–Trinajstić information content (AvgIpc) is 3.93. The molecule has 0 N–H and O–H groups in total. The van der Waals surface area contributed by atoms with Crippen LogP contribution in [0.3, 0.4) is 0 Å². The van der Waals surface area contributed by atoms with E-state index < -0.39 is 31.4 Å². The quantitative estimate of drug-likeness (QED) is 0.169. The number of anilines is 1. The summed E-state index contributed by atoms with van der Waals surface area (Å²) in [5, 5.41) is 1.87. The molecule has 3 aromatic heterocycles. The summed E-state index contributed by atoms with van der Waals surface area (Å²) in [5.41, 5.74) is 1.62. The average molecular weight is 837 g/mol. The summed E-state index contributed by atoms with van der Waals surface area (Å²) < 4.78 is 53.8. The van der Waals surface area contributed by atoms with Crippen molar-refractivity contribution in [2.24, 2.45) is 0 Å². The molecule has 4 saturated heterocycles. The normalized spacial score (nSPS) is 24.9. The highest BCUT2D eigenvalue weighted by Gasteiger charge is 2.50. The van der Waals surface area contributed by atoms with Crippen molar-refractivity contribution in [3.8, 4) is 23.0 Å². The Kier molecular flexibility index (Phi) is 9.52. The van der Waals surface area contributed by atoms with Crippen molar-refractivity contribution >= 4 is 53.6 Å². The zero-order valence-corrected chi connectivity index (χ0v) is 36.8. The maximum absolute atomic E-state index is 17.7. The molecule has 11 nitrogen and oxygen atoms in total. The van der Waals surface area contributed by atoms with Crippen LogP contribution >= 0.6 is 11.6 Å². The minimum absolute atomic E-state index is 0.0378. The van der Waals surface area contributed by atoms with Gasteiger partial charge in [-0.15, -0.1) is 0 Å². The van der Waals surface area contributed by atoms with Crippen molar-refractivity contribution < 1.29 is 27.5 Å². The molecular formula is C43H56ClF2N7O4Si.